The van der Waals surface area contributed by atoms with Gasteiger partial charge in [-0.25, -0.2) is 0 Å². The second-order valence-corrected chi connectivity index (χ2v) is 4.46. The molecular formula is C15H17N3O4. The Morgan fingerprint density at radius 2 is 2.09 bits per heavy atom. The van der Waals surface area contributed by atoms with E-state index in [4.69, 9.17) is 15.2 Å². The average Bonchev–Trinajstić information content (AvgIpc) is 2.54. The Morgan fingerprint density at radius 1 is 1.32 bits per heavy atom. The number of nitro benzene ring substituents is 1. The monoisotopic (exact) mass is 303 g/mol. The standard InChI is InChI=1S/C15H17N3O4/c1-3-22-15-9-17-12(6-11(15)8-16)10-4-5-14(21-2)13(7-10)18(19)20/h4-7,9H,3,8,16H2,1-2H3. The quantitative estimate of drug-likeness (QED) is 0.650. The fourth-order valence-electron chi connectivity index (χ4n) is 2.08. The van der Waals surface area contributed by atoms with Gasteiger partial charge in [0.15, 0.2) is 5.75 Å². The minimum Gasteiger partial charge on any atom is -0.492 e. The van der Waals surface area contributed by atoms with Crippen molar-refractivity contribution < 1.29 is 14.4 Å². The third-order valence-corrected chi connectivity index (χ3v) is 3.14. The molecule has 2 aromatic rings. The van der Waals surface area contributed by atoms with Crippen LogP contribution < -0.4 is 15.2 Å². The van der Waals surface area contributed by atoms with Crippen molar-refractivity contribution in [3.05, 3.63) is 46.1 Å². The molecule has 0 aliphatic heterocycles. The highest BCUT2D eigenvalue weighted by atomic mass is 16.6. The van der Waals surface area contributed by atoms with Crippen LogP contribution in [0.15, 0.2) is 30.5 Å². The van der Waals surface area contributed by atoms with Gasteiger partial charge in [-0.15, -0.1) is 0 Å². The van der Waals surface area contributed by atoms with Crippen molar-refractivity contribution >= 4 is 5.69 Å². The van der Waals surface area contributed by atoms with Gasteiger partial charge in [0.25, 0.3) is 0 Å². The van der Waals surface area contributed by atoms with Crippen LogP contribution in [0, 0.1) is 10.1 Å². The molecule has 0 atom stereocenters. The lowest BCUT2D eigenvalue weighted by atomic mass is 10.1. The fraction of sp³-hybridized carbons (Fsp3) is 0.267. The van der Waals surface area contributed by atoms with Crippen molar-refractivity contribution in [1.29, 1.82) is 0 Å². The van der Waals surface area contributed by atoms with Crippen molar-refractivity contribution in [3.8, 4) is 22.8 Å². The number of pyridine rings is 1. The Bertz CT molecular complexity index is 688. The van der Waals surface area contributed by atoms with E-state index in [-0.39, 0.29) is 11.4 Å². The molecule has 0 unspecified atom stereocenters. The van der Waals surface area contributed by atoms with E-state index in [1.54, 1.807) is 24.4 Å². The van der Waals surface area contributed by atoms with E-state index in [2.05, 4.69) is 4.98 Å². The molecule has 0 aliphatic rings. The number of methoxy groups -OCH3 is 1. The number of nitrogens with two attached hydrogens (primary N) is 1. The zero-order valence-electron chi connectivity index (χ0n) is 12.4. The molecular weight excluding hydrogens is 286 g/mol. The summed E-state index contributed by atoms with van der Waals surface area (Å²) in [5, 5.41) is 11.1. The molecule has 1 aromatic heterocycles. The van der Waals surface area contributed by atoms with Crippen molar-refractivity contribution in [3.63, 3.8) is 0 Å². The van der Waals surface area contributed by atoms with Crippen LogP contribution in [-0.2, 0) is 6.54 Å². The van der Waals surface area contributed by atoms with E-state index >= 15 is 0 Å². The maximum Gasteiger partial charge on any atom is 0.311 e. The third-order valence-electron chi connectivity index (χ3n) is 3.14. The minimum absolute atomic E-state index is 0.106. The molecule has 7 nitrogen and oxygen atoms in total. The molecule has 0 bridgehead atoms. The van der Waals surface area contributed by atoms with E-state index in [1.807, 2.05) is 6.92 Å². The lowest BCUT2D eigenvalue weighted by Gasteiger charge is -2.10. The van der Waals surface area contributed by atoms with Gasteiger partial charge in [-0.3, -0.25) is 15.1 Å². The molecule has 0 aliphatic carbocycles. The zero-order chi connectivity index (χ0) is 16.1. The number of hydrogen-bond donors (Lipinski definition) is 1. The van der Waals surface area contributed by atoms with Gasteiger partial charge in [0.1, 0.15) is 5.75 Å². The van der Waals surface area contributed by atoms with Crippen LogP contribution in [0.2, 0.25) is 0 Å². The summed E-state index contributed by atoms with van der Waals surface area (Å²) in [6.45, 7) is 2.69. The molecule has 0 spiro atoms. The van der Waals surface area contributed by atoms with Gasteiger partial charge >= 0.3 is 5.69 Å². The summed E-state index contributed by atoms with van der Waals surface area (Å²) >= 11 is 0. The van der Waals surface area contributed by atoms with Gasteiger partial charge in [0, 0.05) is 23.7 Å². The molecule has 7 heteroatoms. The van der Waals surface area contributed by atoms with Crippen LogP contribution >= 0.6 is 0 Å². The van der Waals surface area contributed by atoms with Crippen LogP contribution in [0.3, 0.4) is 0 Å². The number of ether oxygens (including phenoxy) is 2. The first kappa shape index (κ1) is 15.7. The Morgan fingerprint density at radius 3 is 2.68 bits per heavy atom. The van der Waals surface area contributed by atoms with Gasteiger partial charge in [0.2, 0.25) is 0 Å². The normalized spacial score (nSPS) is 10.3. The first-order valence-electron chi connectivity index (χ1n) is 6.75. The van der Waals surface area contributed by atoms with Crippen molar-refractivity contribution in [2.75, 3.05) is 13.7 Å². The highest BCUT2D eigenvalue weighted by Crippen LogP contribution is 2.32. The molecule has 2 rings (SSSR count). The highest BCUT2D eigenvalue weighted by molar-refractivity contribution is 5.67. The minimum atomic E-state index is -0.485. The largest absolute Gasteiger partial charge is 0.492 e. The molecule has 22 heavy (non-hydrogen) atoms. The molecule has 0 saturated heterocycles. The number of hydrogen-bond acceptors (Lipinski definition) is 6. The van der Waals surface area contributed by atoms with E-state index < -0.39 is 4.92 Å². The Kier molecular flexibility index (Phi) is 4.90. The number of nitro groups is 1. The number of rotatable bonds is 6. The van der Waals surface area contributed by atoms with Gasteiger partial charge in [-0.05, 0) is 25.1 Å². The van der Waals surface area contributed by atoms with Gasteiger partial charge in [-0.1, -0.05) is 0 Å². The van der Waals surface area contributed by atoms with E-state index in [0.29, 0.717) is 30.2 Å². The summed E-state index contributed by atoms with van der Waals surface area (Å²) in [4.78, 5) is 14.9. The number of aromatic nitrogens is 1. The van der Waals surface area contributed by atoms with Crippen LogP contribution in [-0.4, -0.2) is 23.6 Å². The van der Waals surface area contributed by atoms with E-state index in [1.165, 1.54) is 13.2 Å². The predicted octanol–water partition coefficient (Wildman–Crippen LogP) is 2.52. The summed E-state index contributed by atoms with van der Waals surface area (Å²) in [6.07, 6.45) is 1.58. The van der Waals surface area contributed by atoms with Crippen LogP contribution in [0.1, 0.15) is 12.5 Å². The van der Waals surface area contributed by atoms with Gasteiger partial charge in [0.05, 0.1) is 30.5 Å². The number of benzene rings is 1. The fourth-order valence-corrected chi connectivity index (χ4v) is 2.08. The average molecular weight is 303 g/mol. The van der Waals surface area contributed by atoms with Crippen molar-refractivity contribution in [2.24, 2.45) is 5.73 Å². The maximum atomic E-state index is 11.1. The molecule has 2 N–H and O–H groups in total. The summed E-state index contributed by atoms with van der Waals surface area (Å²) in [7, 11) is 1.39. The van der Waals surface area contributed by atoms with Crippen molar-refractivity contribution in [2.45, 2.75) is 13.5 Å². The lowest BCUT2D eigenvalue weighted by Crippen LogP contribution is -2.03. The smallest absolute Gasteiger partial charge is 0.311 e. The Labute approximate surface area is 127 Å². The molecule has 1 aromatic carbocycles. The first-order valence-corrected chi connectivity index (χ1v) is 6.75. The van der Waals surface area contributed by atoms with Crippen LogP contribution in [0.4, 0.5) is 5.69 Å². The SMILES string of the molecule is CCOc1cnc(-c2ccc(OC)c([N+](=O)[O-])c2)cc1CN. The molecule has 0 saturated carbocycles. The first-order chi connectivity index (χ1) is 10.6. The van der Waals surface area contributed by atoms with Gasteiger partial charge < -0.3 is 15.2 Å². The summed E-state index contributed by atoms with van der Waals surface area (Å²) < 4.78 is 10.4. The second kappa shape index (κ2) is 6.86. The highest BCUT2D eigenvalue weighted by Gasteiger charge is 2.17. The van der Waals surface area contributed by atoms with E-state index in [0.717, 1.165) is 5.56 Å². The Hall–Kier alpha value is -2.67. The summed E-state index contributed by atoms with van der Waals surface area (Å²) in [5.74, 6) is 0.829. The topological polar surface area (TPSA) is 101 Å². The van der Waals surface area contributed by atoms with E-state index in [9.17, 15) is 10.1 Å². The number of nitrogens with zero attached hydrogens (tertiary/aromatic N) is 2. The Balaban J connectivity index is 2.47. The van der Waals surface area contributed by atoms with Crippen LogP contribution in [0.5, 0.6) is 11.5 Å². The van der Waals surface area contributed by atoms with Gasteiger partial charge in [-0.2, -0.15) is 0 Å². The maximum absolute atomic E-state index is 11.1. The summed E-state index contributed by atoms with van der Waals surface area (Å²) in [6, 6.07) is 6.47. The molecule has 0 amide bonds. The molecule has 0 radical (unpaired) electrons. The molecule has 1 heterocycles. The summed E-state index contributed by atoms with van der Waals surface area (Å²) in [5.41, 5.74) is 7.61. The molecule has 116 valence electrons. The van der Waals surface area contributed by atoms with Crippen molar-refractivity contribution in [1.82, 2.24) is 4.98 Å². The third kappa shape index (κ3) is 3.15. The van der Waals surface area contributed by atoms with Crippen LogP contribution in [0.25, 0.3) is 11.3 Å². The lowest BCUT2D eigenvalue weighted by molar-refractivity contribution is -0.385. The predicted molar refractivity (Wildman–Crippen MR) is 81.9 cm³/mol. The zero-order valence-corrected chi connectivity index (χ0v) is 12.4. The molecule has 0 fully saturated rings. The second-order valence-electron chi connectivity index (χ2n) is 4.46.